The smallest absolute Gasteiger partial charge is 0.220 e. The van der Waals surface area contributed by atoms with Crippen molar-refractivity contribution in [1.82, 2.24) is 10.6 Å². The second-order valence-electron chi connectivity index (χ2n) is 5.76. The van der Waals surface area contributed by atoms with Crippen molar-refractivity contribution in [3.63, 3.8) is 0 Å². The molecule has 22 heavy (non-hydrogen) atoms. The van der Waals surface area contributed by atoms with Gasteiger partial charge < -0.3 is 15.7 Å². The number of carbonyl (C=O) groups is 1. The summed E-state index contributed by atoms with van der Waals surface area (Å²) >= 11 is 0. The van der Waals surface area contributed by atoms with Gasteiger partial charge in [-0.1, -0.05) is 65.2 Å². The third kappa shape index (κ3) is 24.4. The first-order valence-electron chi connectivity index (χ1n) is 9.25. The maximum atomic E-state index is 11.1. The number of aliphatic hydroxyl groups is 1. The normalized spacial score (nSPS) is 10.0. The van der Waals surface area contributed by atoms with Crippen LogP contribution in [0.5, 0.6) is 0 Å². The van der Waals surface area contributed by atoms with Crippen LogP contribution in [0, 0.1) is 0 Å². The number of unbranched alkanes of at least 4 members (excludes halogenated alkanes) is 8. The molecule has 0 aromatic heterocycles. The molecule has 0 aliphatic heterocycles. The van der Waals surface area contributed by atoms with Crippen LogP contribution in [0.2, 0.25) is 0 Å². The van der Waals surface area contributed by atoms with E-state index < -0.39 is 0 Å². The van der Waals surface area contributed by atoms with Crippen LogP contribution in [0.1, 0.15) is 84.5 Å². The van der Waals surface area contributed by atoms with Crippen LogP contribution in [-0.4, -0.2) is 37.8 Å². The minimum Gasteiger partial charge on any atom is -0.395 e. The SMILES string of the molecule is CCCCCCC.CNCCCCCCCC(=O)NCCO. The summed E-state index contributed by atoms with van der Waals surface area (Å²) in [6, 6.07) is 0. The number of nitrogens with one attached hydrogen (secondary N) is 2. The molecule has 0 aliphatic carbocycles. The third-order valence-corrected chi connectivity index (χ3v) is 3.47. The predicted octanol–water partition coefficient (Wildman–Crippen LogP) is 3.63. The van der Waals surface area contributed by atoms with Crippen molar-refractivity contribution in [2.75, 3.05) is 26.7 Å². The molecular weight excluding hydrogens is 276 g/mol. The lowest BCUT2D eigenvalue weighted by atomic mass is 10.1. The molecule has 0 radical (unpaired) electrons. The van der Waals surface area contributed by atoms with Gasteiger partial charge in [0.15, 0.2) is 0 Å². The Labute approximate surface area is 138 Å². The summed E-state index contributed by atoms with van der Waals surface area (Å²) in [5, 5.41) is 14.2. The highest BCUT2D eigenvalue weighted by molar-refractivity contribution is 5.75. The van der Waals surface area contributed by atoms with Crippen molar-refractivity contribution in [2.24, 2.45) is 0 Å². The fourth-order valence-electron chi connectivity index (χ4n) is 2.08. The van der Waals surface area contributed by atoms with E-state index in [2.05, 4.69) is 24.5 Å². The Morgan fingerprint density at radius 2 is 1.36 bits per heavy atom. The molecule has 0 spiro atoms. The van der Waals surface area contributed by atoms with Crippen molar-refractivity contribution in [2.45, 2.75) is 84.5 Å². The van der Waals surface area contributed by atoms with E-state index >= 15 is 0 Å². The monoisotopic (exact) mass is 316 g/mol. The average Bonchev–Trinajstić information content (AvgIpc) is 2.53. The van der Waals surface area contributed by atoms with Gasteiger partial charge in [0.25, 0.3) is 0 Å². The first kappa shape index (κ1) is 23.7. The highest BCUT2D eigenvalue weighted by atomic mass is 16.3. The fourth-order valence-corrected chi connectivity index (χ4v) is 2.08. The lowest BCUT2D eigenvalue weighted by Crippen LogP contribution is -2.25. The molecule has 3 N–H and O–H groups in total. The first-order valence-corrected chi connectivity index (χ1v) is 9.25. The number of rotatable bonds is 14. The summed E-state index contributed by atoms with van der Waals surface area (Å²) in [6.07, 6.45) is 13.3. The first-order chi connectivity index (χ1) is 10.7. The van der Waals surface area contributed by atoms with Crippen molar-refractivity contribution >= 4 is 5.91 Å². The third-order valence-electron chi connectivity index (χ3n) is 3.47. The number of amides is 1. The van der Waals surface area contributed by atoms with Gasteiger partial charge in [-0.3, -0.25) is 4.79 Å². The van der Waals surface area contributed by atoms with Crippen molar-refractivity contribution in [1.29, 1.82) is 0 Å². The molecule has 0 bridgehead atoms. The maximum Gasteiger partial charge on any atom is 0.220 e. The van der Waals surface area contributed by atoms with Gasteiger partial charge in [0.05, 0.1) is 6.61 Å². The molecule has 0 saturated heterocycles. The fraction of sp³-hybridized carbons (Fsp3) is 0.944. The van der Waals surface area contributed by atoms with E-state index in [4.69, 9.17) is 5.11 Å². The number of aliphatic hydroxyl groups excluding tert-OH is 1. The predicted molar refractivity (Wildman–Crippen MR) is 96.2 cm³/mol. The number of carbonyl (C=O) groups excluding carboxylic acids is 1. The Morgan fingerprint density at radius 1 is 0.818 bits per heavy atom. The van der Waals surface area contributed by atoms with Crippen LogP contribution in [0.15, 0.2) is 0 Å². The highest BCUT2D eigenvalue weighted by Gasteiger charge is 1.99. The van der Waals surface area contributed by atoms with Gasteiger partial charge in [0.2, 0.25) is 5.91 Å². The van der Waals surface area contributed by atoms with Crippen LogP contribution >= 0.6 is 0 Å². The lowest BCUT2D eigenvalue weighted by molar-refractivity contribution is -0.121. The highest BCUT2D eigenvalue weighted by Crippen LogP contribution is 2.04. The molecule has 4 heteroatoms. The topological polar surface area (TPSA) is 61.4 Å². The van der Waals surface area contributed by atoms with Crippen LogP contribution in [0.3, 0.4) is 0 Å². The van der Waals surface area contributed by atoms with Gasteiger partial charge in [0.1, 0.15) is 0 Å². The summed E-state index contributed by atoms with van der Waals surface area (Å²) in [5.41, 5.74) is 0. The summed E-state index contributed by atoms with van der Waals surface area (Å²) in [6.45, 7) is 5.97. The largest absolute Gasteiger partial charge is 0.395 e. The molecule has 134 valence electrons. The zero-order valence-electron chi connectivity index (χ0n) is 15.3. The number of hydrogen-bond donors (Lipinski definition) is 3. The molecule has 0 atom stereocenters. The maximum absolute atomic E-state index is 11.1. The molecule has 0 unspecified atom stereocenters. The molecule has 0 rings (SSSR count). The lowest BCUT2D eigenvalue weighted by Gasteiger charge is -2.03. The Balaban J connectivity index is 0. The minimum atomic E-state index is 0.0236. The Hall–Kier alpha value is -0.610. The Morgan fingerprint density at radius 3 is 1.91 bits per heavy atom. The van der Waals surface area contributed by atoms with Crippen LogP contribution < -0.4 is 10.6 Å². The van der Waals surface area contributed by atoms with Gasteiger partial charge in [-0.05, 0) is 26.4 Å². The van der Waals surface area contributed by atoms with Gasteiger partial charge >= 0.3 is 0 Å². The summed E-state index contributed by atoms with van der Waals surface area (Å²) in [4.78, 5) is 11.1. The van der Waals surface area contributed by atoms with E-state index in [1.54, 1.807) is 0 Å². The van der Waals surface area contributed by atoms with E-state index in [1.165, 1.54) is 51.4 Å². The minimum absolute atomic E-state index is 0.0236. The van der Waals surface area contributed by atoms with Gasteiger partial charge in [-0.2, -0.15) is 0 Å². The average molecular weight is 317 g/mol. The standard InChI is InChI=1S/C11H24N2O2.C7H16/c1-12-8-6-4-2-3-5-7-11(15)13-9-10-14;1-3-5-7-6-4-2/h12,14H,2-10H2,1H3,(H,13,15);3-7H2,1-2H3. The number of hydrogen-bond acceptors (Lipinski definition) is 3. The molecule has 0 aromatic carbocycles. The van der Waals surface area contributed by atoms with E-state index in [0.717, 1.165) is 19.4 Å². The Bertz CT molecular complexity index is 207. The van der Waals surface area contributed by atoms with Crippen LogP contribution in [-0.2, 0) is 4.79 Å². The van der Waals surface area contributed by atoms with Gasteiger partial charge in [-0.15, -0.1) is 0 Å². The molecule has 0 aromatic rings. The molecule has 0 fully saturated rings. The van der Waals surface area contributed by atoms with Crippen molar-refractivity contribution in [3.8, 4) is 0 Å². The van der Waals surface area contributed by atoms with E-state index in [0.29, 0.717) is 13.0 Å². The Kier molecular flexibility index (Phi) is 24.4. The molecule has 1 amide bonds. The summed E-state index contributed by atoms with van der Waals surface area (Å²) < 4.78 is 0. The second-order valence-corrected chi connectivity index (χ2v) is 5.76. The van der Waals surface area contributed by atoms with Gasteiger partial charge in [0, 0.05) is 13.0 Å². The van der Waals surface area contributed by atoms with E-state index in [1.807, 2.05) is 7.05 Å². The molecule has 0 saturated carbocycles. The van der Waals surface area contributed by atoms with Crippen molar-refractivity contribution in [3.05, 3.63) is 0 Å². The van der Waals surface area contributed by atoms with Crippen LogP contribution in [0.4, 0.5) is 0 Å². The summed E-state index contributed by atoms with van der Waals surface area (Å²) in [5.74, 6) is 0.0549. The van der Waals surface area contributed by atoms with Crippen molar-refractivity contribution < 1.29 is 9.90 Å². The van der Waals surface area contributed by atoms with Gasteiger partial charge in [-0.25, -0.2) is 0 Å². The summed E-state index contributed by atoms with van der Waals surface area (Å²) in [7, 11) is 1.96. The molecule has 4 nitrogen and oxygen atoms in total. The zero-order valence-corrected chi connectivity index (χ0v) is 15.3. The van der Waals surface area contributed by atoms with Crippen LogP contribution in [0.25, 0.3) is 0 Å². The zero-order chi connectivity index (χ0) is 16.9. The molecular formula is C18H40N2O2. The quantitative estimate of drug-likeness (QED) is 0.429. The second kappa shape index (κ2) is 22.7. The van der Waals surface area contributed by atoms with E-state index in [9.17, 15) is 4.79 Å². The molecule has 0 heterocycles. The molecule has 0 aliphatic rings. The van der Waals surface area contributed by atoms with E-state index in [-0.39, 0.29) is 12.5 Å².